The van der Waals surface area contributed by atoms with E-state index in [1.807, 2.05) is 29.2 Å². The molecule has 0 bridgehead atoms. The quantitative estimate of drug-likeness (QED) is 0.203. The van der Waals surface area contributed by atoms with E-state index >= 15 is 4.39 Å². The Hall–Kier alpha value is -5.64. The van der Waals surface area contributed by atoms with Crippen LogP contribution < -0.4 is 25.2 Å². The smallest absolute Gasteiger partial charge is 0.328 e. The van der Waals surface area contributed by atoms with Crippen molar-refractivity contribution in [3.8, 4) is 5.75 Å². The van der Waals surface area contributed by atoms with Crippen molar-refractivity contribution in [2.24, 2.45) is 11.3 Å². The molecule has 4 aliphatic rings. The molecule has 8 heterocycles. The van der Waals surface area contributed by atoms with Crippen LogP contribution in [0.25, 0.3) is 11.3 Å². The van der Waals surface area contributed by atoms with Crippen LogP contribution in [0.5, 0.6) is 5.75 Å². The van der Waals surface area contributed by atoms with Crippen molar-refractivity contribution in [1.82, 2.24) is 39.2 Å². The molecule has 292 valence electrons. The Labute approximate surface area is 323 Å². The second-order valence-corrected chi connectivity index (χ2v) is 16.2. The first-order chi connectivity index (χ1) is 27.1. The van der Waals surface area contributed by atoms with Gasteiger partial charge in [0.15, 0.2) is 17.3 Å². The van der Waals surface area contributed by atoms with Gasteiger partial charge in [0.2, 0.25) is 5.91 Å². The van der Waals surface area contributed by atoms with Crippen molar-refractivity contribution in [3.63, 3.8) is 0 Å². The molecule has 3 saturated heterocycles. The van der Waals surface area contributed by atoms with E-state index in [1.54, 1.807) is 35.4 Å². The molecule has 1 aliphatic carbocycles. The molecule has 4 amide bonds. The number of imidazole rings is 1. The van der Waals surface area contributed by atoms with Crippen molar-refractivity contribution >= 4 is 46.3 Å². The Morgan fingerprint density at radius 1 is 1.05 bits per heavy atom. The predicted molar refractivity (Wildman–Crippen MR) is 207 cm³/mol. The number of imide groups is 1. The van der Waals surface area contributed by atoms with Crippen LogP contribution >= 0.6 is 0 Å². The van der Waals surface area contributed by atoms with Gasteiger partial charge in [-0.25, -0.2) is 28.7 Å². The van der Waals surface area contributed by atoms with Gasteiger partial charge in [-0.15, -0.1) is 0 Å². The van der Waals surface area contributed by atoms with Crippen LogP contribution in [0.4, 0.5) is 26.4 Å². The predicted octanol–water partition coefficient (Wildman–Crippen LogP) is 5.27. The van der Waals surface area contributed by atoms with Crippen molar-refractivity contribution in [3.05, 3.63) is 72.5 Å². The zero-order valence-electron chi connectivity index (χ0n) is 31.7. The standard InChI is InChI=1S/C40H46FN11O4/c1-25(2)56-33-17-34-45-32(22-50(34)21-29(33)38(54)46-31-19-44-52-12-3-11-42-37(31)52)27-6-4-26(5-7-27)20-48-23-40(24-48)9-14-49(15-10-40)36-30(41)16-28(18-43-36)51-13-8-35(53)47-39(51)55/h3,11-12,16-19,21-22,25-27H,4-10,13-15,20,23-24H2,1-2H3,(H,46,54)(H,47,53,55). The zero-order chi connectivity index (χ0) is 38.6. The van der Waals surface area contributed by atoms with Gasteiger partial charge >= 0.3 is 6.03 Å². The first kappa shape index (κ1) is 36.0. The number of carbonyl (C=O) groups is 3. The van der Waals surface area contributed by atoms with Crippen molar-refractivity contribution < 1.29 is 23.5 Å². The molecular weight excluding hydrogens is 718 g/mol. The molecule has 1 saturated carbocycles. The molecule has 1 spiro atoms. The number of nitrogens with zero attached hydrogens (tertiary/aromatic N) is 9. The van der Waals surface area contributed by atoms with Crippen molar-refractivity contribution in [1.29, 1.82) is 0 Å². The summed E-state index contributed by atoms with van der Waals surface area (Å²) >= 11 is 0. The molecule has 0 radical (unpaired) electrons. The fourth-order valence-corrected chi connectivity index (χ4v) is 9.02. The van der Waals surface area contributed by atoms with Gasteiger partial charge < -0.3 is 24.3 Å². The van der Waals surface area contributed by atoms with Crippen LogP contribution in [0, 0.1) is 17.2 Å². The fraction of sp³-hybridized carbons (Fsp3) is 0.475. The van der Waals surface area contributed by atoms with E-state index in [1.165, 1.54) is 17.2 Å². The summed E-state index contributed by atoms with van der Waals surface area (Å²) in [5.74, 6) is 0.729. The van der Waals surface area contributed by atoms with Gasteiger partial charge in [0.25, 0.3) is 5.91 Å². The van der Waals surface area contributed by atoms with Crippen LogP contribution in [0.15, 0.2) is 55.4 Å². The number of pyridine rings is 2. The fourth-order valence-electron chi connectivity index (χ4n) is 9.02. The molecule has 4 fully saturated rings. The van der Waals surface area contributed by atoms with Crippen LogP contribution in [0.1, 0.15) is 80.8 Å². The molecule has 0 atom stereocenters. The number of urea groups is 1. The minimum atomic E-state index is -0.547. The second kappa shape index (κ2) is 14.5. The largest absolute Gasteiger partial charge is 0.490 e. The third-order valence-corrected chi connectivity index (χ3v) is 11.9. The Balaban J connectivity index is 0.773. The minimum absolute atomic E-state index is 0.125. The van der Waals surface area contributed by atoms with Crippen LogP contribution in [0.2, 0.25) is 0 Å². The molecule has 9 rings (SSSR count). The van der Waals surface area contributed by atoms with Gasteiger partial charge in [-0.1, -0.05) is 0 Å². The molecule has 5 aromatic heterocycles. The van der Waals surface area contributed by atoms with E-state index in [0.29, 0.717) is 46.0 Å². The summed E-state index contributed by atoms with van der Waals surface area (Å²) in [6.45, 7) is 8.84. The van der Waals surface area contributed by atoms with Gasteiger partial charge in [0.05, 0.1) is 35.4 Å². The number of ether oxygens (including phenoxy) is 1. The number of piperidine rings is 1. The monoisotopic (exact) mass is 763 g/mol. The number of amides is 4. The molecular formula is C40H46FN11O4. The van der Waals surface area contributed by atoms with Gasteiger partial charge in [-0.05, 0) is 69.8 Å². The molecule has 16 heteroatoms. The summed E-state index contributed by atoms with van der Waals surface area (Å²) in [5.41, 5.74) is 3.93. The summed E-state index contributed by atoms with van der Waals surface area (Å²) in [4.78, 5) is 57.0. The molecule has 56 heavy (non-hydrogen) atoms. The molecule has 15 nitrogen and oxygen atoms in total. The maximum absolute atomic E-state index is 15.2. The van der Waals surface area contributed by atoms with E-state index in [0.717, 1.165) is 82.6 Å². The first-order valence-electron chi connectivity index (χ1n) is 19.6. The van der Waals surface area contributed by atoms with Crippen LogP contribution in [-0.4, -0.2) is 97.1 Å². The molecule has 0 unspecified atom stereocenters. The second-order valence-electron chi connectivity index (χ2n) is 16.2. The highest BCUT2D eigenvalue weighted by molar-refractivity contribution is 6.08. The Kier molecular flexibility index (Phi) is 9.30. The first-order valence-corrected chi connectivity index (χ1v) is 19.6. The summed E-state index contributed by atoms with van der Waals surface area (Å²) in [5, 5.41) is 9.52. The normalized spacial score (nSPS) is 21.5. The zero-order valence-corrected chi connectivity index (χ0v) is 31.7. The average Bonchev–Trinajstić information content (AvgIpc) is 3.78. The lowest BCUT2D eigenvalue weighted by atomic mass is 9.71. The minimum Gasteiger partial charge on any atom is -0.490 e. The molecule has 0 aromatic carbocycles. The molecule has 2 N–H and O–H groups in total. The number of hydrogen-bond donors (Lipinski definition) is 2. The van der Waals surface area contributed by atoms with Crippen molar-refractivity contribution in [2.75, 3.05) is 54.4 Å². The highest BCUT2D eigenvalue weighted by Gasteiger charge is 2.45. The van der Waals surface area contributed by atoms with Crippen molar-refractivity contribution in [2.45, 2.75) is 70.8 Å². The van der Waals surface area contributed by atoms with E-state index in [9.17, 15) is 14.4 Å². The van der Waals surface area contributed by atoms with Gasteiger partial charge in [0, 0.05) is 88.5 Å². The maximum atomic E-state index is 15.2. The third kappa shape index (κ3) is 7.01. The SMILES string of the molecule is CC(C)Oc1cc2nc(C3CCC(CN4CC5(CCN(c6ncc(N7CCC(=O)NC7=O)cc6F)CC5)C4)CC3)cn2cc1C(=O)Nc1cnn2cccnc12. The van der Waals surface area contributed by atoms with E-state index in [-0.39, 0.29) is 36.3 Å². The lowest BCUT2D eigenvalue weighted by Gasteiger charge is -2.55. The highest BCUT2D eigenvalue weighted by Crippen LogP contribution is 2.44. The Bertz CT molecular complexity index is 2300. The number of nitrogens with one attached hydrogen (secondary N) is 2. The van der Waals surface area contributed by atoms with Gasteiger partial charge in [-0.2, -0.15) is 5.10 Å². The summed E-state index contributed by atoms with van der Waals surface area (Å²) in [6.07, 6.45) is 16.9. The lowest BCUT2D eigenvalue weighted by molar-refractivity contribution is -0.120. The van der Waals surface area contributed by atoms with Crippen LogP contribution in [-0.2, 0) is 4.79 Å². The molecule has 3 aliphatic heterocycles. The Morgan fingerprint density at radius 3 is 2.61 bits per heavy atom. The summed E-state index contributed by atoms with van der Waals surface area (Å²) < 4.78 is 24.9. The average molecular weight is 764 g/mol. The lowest BCUT2D eigenvalue weighted by Crippen LogP contribution is -2.61. The Morgan fingerprint density at radius 2 is 1.86 bits per heavy atom. The van der Waals surface area contributed by atoms with E-state index in [4.69, 9.17) is 9.72 Å². The summed E-state index contributed by atoms with van der Waals surface area (Å²) in [6, 6.07) is 4.43. The number of aromatic nitrogens is 6. The third-order valence-electron chi connectivity index (χ3n) is 11.9. The molecule has 5 aromatic rings. The highest BCUT2D eigenvalue weighted by atomic mass is 19.1. The number of fused-ring (bicyclic) bond motifs is 2. The number of rotatable bonds is 9. The number of carbonyl (C=O) groups excluding carboxylic acids is 3. The topological polar surface area (TPSA) is 155 Å². The number of anilines is 3. The van der Waals surface area contributed by atoms with Gasteiger partial charge in [-0.3, -0.25) is 19.8 Å². The summed E-state index contributed by atoms with van der Waals surface area (Å²) in [7, 11) is 0. The maximum Gasteiger partial charge on any atom is 0.328 e. The number of hydrogen-bond acceptors (Lipinski definition) is 10. The van der Waals surface area contributed by atoms with Crippen LogP contribution in [0.3, 0.4) is 0 Å². The number of halogens is 1. The van der Waals surface area contributed by atoms with Gasteiger partial charge in [0.1, 0.15) is 17.1 Å². The van der Waals surface area contributed by atoms with E-state index in [2.05, 4.69) is 36.8 Å². The van der Waals surface area contributed by atoms with E-state index < -0.39 is 11.8 Å². The number of likely N-dealkylation sites (tertiary alicyclic amines) is 1.